The largest absolute Gasteiger partial charge is 0.495 e. The summed E-state index contributed by atoms with van der Waals surface area (Å²) >= 11 is 5.98. The van der Waals surface area contributed by atoms with Gasteiger partial charge in [-0.1, -0.05) is 11.6 Å². The Morgan fingerprint density at radius 3 is 2.65 bits per heavy atom. The van der Waals surface area contributed by atoms with Gasteiger partial charge in [-0.15, -0.1) is 0 Å². The summed E-state index contributed by atoms with van der Waals surface area (Å²) in [5.41, 5.74) is 1.07. The van der Waals surface area contributed by atoms with Crippen LogP contribution in [0, 0.1) is 0 Å². The number of methoxy groups -OCH3 is 1. The van der Waals surface area contributed by atoms with Gasteiger partial charge in [0.15, 0.2) is 0 Å². The maximum Gasteiger partial charge on any atom is 0.274 e. The van der Waals surface area contributed by atoms with Gasteiger partial charge in [0.2, 0.25) is 0 Å². The standard InChI is InChI=1S/C19H20ClN3O3/c1-26-17-6-5-14(20)12-15(17)22-18(24)16-11-13(7-8-21-16)19(25)23-9-3-2-4-10-23/h5-8,11-12H,2-4,9-10H2,1H3,(H,22,24). The van der Waals surface area contributed by atoms with Crippen molar-refractivity contribution in [2.75, 3.05) is 25.5 Å². The zero-order valence-electron chi connectivity index (χ0n) is 14.5. The number of nitrogens with zero attached hydrogens (tertiary/aromatic N) is 2. The van der Waals surface area contributed by atoms with Crippen LogP contribution in [-0.4, -0.2) is 41.9 Å². The Balaban J connectivity index is 1.78. The molecule has 2 aromatic rings. The van der Waals surface area contributed by atoms with Gasteiger partial charge in [0, 0.05) is 29.9 Å². The van der Waals surface area contributed by atoms with Crippen molar-refractivity contribution in [3.63, 3.8) is 0 Å². The molecule has 1 fully saturated rings. The molecule has 0 saturated carbocycles. The van der Waals surface area contributed by atoms with Crippen molar-refractivity contribution >= 4 is 29.1 Å². The number of halogens is 1. The normalized spacial score (nSPS) is 14.0. The quantitative estimate of drug-likeness (QED) is 0.888. The second-order valence-corrected chi connectivity index (χ2v) is 6.52. The monoisotopic (exact) mass is 373 g/mol. The first-order chi connectivity index (χ1) is 12.6. The van der Waals surface area contributed by atoms with Crippen molar-refractivity contribution in [3.05, 3.63) is 52.8 Å². The van der Waals surface area contributed by atoms with Crippen LogP contribution < -0.4 is 10.1 Å². The van der Waals surface area contributed by atoms with E-state index in [0.717, 1.165) is 32.4 Å². The highest BCUT2D eigenvalue weighted by atomic mass is 35.5. The summed E-state index contributed by atoms with van der Waals surface area (Å²) in [5, 5.41) is 3.20. The van der Waals surface area contributed by atoms with Crippen LogP contribution in [0.5, 0.6) is 5.75 Å². The molecule has 2 heterocycles. The highest BCUT2D eigenvalue weighted by Gasteiger charge is 2.20. The Morgan fingerprint density at radius 2 is 1.92 bits per heavy atom. The lowest BCUT2D eigenvalue weighted by atomic mass is 10.1. The first-order valence-electron chi connectivity index (χ1n) is 8.48. The molecule has 3 rings (SSSR count). The summed E-state index contributed by atoms with van der Waals surface area (Å²) in [5.74, 6) is -0.0105. The first kappa shape index (κ1) is 18.2. The number of carbonyl (C=O) groups excluding carboxylic acids is 2. The van der Waals surface area contributed by atoms with Crippen LogP contribution in [0.4, 0.5) is 5.69 Å². The fourth-order valence-corrected chi connectivity index (χ4v) is 3.10. The first-order valence-corrected chi connectivity index (χ1v) is 8.86. The minimum Gasteiger partial charge on any atom is -0.495 e. The second-order valence-electron chi connectivity index (χ2n) is 6.08. The predicted molar refractivity (Wildman–Crippen MR) is 99.9 cm³/mol. The summed E-state index contributed by atoms with van der Waals surface area (Å²) in [4.78, 5) is 31.1. The van der Waals surface area contributed by atoms with Crippen molar-refractivity contribution in [3.8, 4) is 5.75 Å². The van der Waals surface area contributed by atoms with Crippen molar-refractivity contribution < 1.29 is 14.3 Å². The van der Waals surface area contributed by atoms with E-state index >= 15 is 0 Å². The lowest BCUT2D eigenvalue weighted by molar-refractivity contribution is 0.0724. The molecule has 136 valence electrons. The topological polar surface area (TPSA) is 71.5 Å². The van der Waals surface area contributed by atoms with Crippen LogP contribution in [0.3, 0.4) is 0 Å². The van der Waals surface area contributed by atoms with Crippen LogP contribution in [-0.2, 0) is 0 Å². The Kier molecular flexibility index (Phi) is 5.73. The van der Waals surface area contributed by atoms with Gasteiger partial charge in [0.1, 0.15) is 11.4 Å². The number of pyridine rings is 1. The minimum absolute atomic E-state index is 0.0681. The van der Waals surface area contributed by atoms with Crippen LogP contribution in [0.15, 0.2) is 36.5 Å². The van der Waals surface area contributed by atoms with Gasteiger partial charge < -0.3 is 15.0 Å². The van der Waals surface area contributed by atoms with Crippen LogP contribution >= 0.6 is 11.6 Å². The molecule has 1 aromatic carbocycles. The molecule has 0 spiro atoms. The van der Waals surface area contributed by atoms with Crippen LogP contribution in [0.2, 0.25) is 5.02 Å². The van der Waals surface area contributed by atoms with Crippen molar-refractivity contribution in [1.82, 2.24) is 9.88 Å². The fourth-order valence-electron chi connectivity index (χ4n) is 2.93. The summed E-state index contributed by atoms with van der Waals surface area (Å²) in [6.07, 6.45) is 4.65. The molecule has 0 aliphatic carbocycles. The van der Waals surface area contributed by atoms with Crippen LogP contribution in [0.1, 0.15) is 40.1 Å². The van der Waals surface area contributed by atoms with Gasteiger partial charge in [-0.05, 0) is 49.6 Å². The summed E-state index contributed by atoms with van der Waals surface area (Å²) in [7, 11) is 1.51. The molecule has 0 radical (unpaired) electrons. The molecule has 1 aliphatic heterocycles. The van der Waals surface area contributed by atoms with Gasteiger partial charge in [0.05, 0.1) is 12.8 Å². The van der Waals surface area contributed by atoms with Gasteiger partial charge in [-0.25, -0.2) is 0 Å². The molecular formula is C19H20ClN3O3. The Hall–Kier alpha value is -2.60. The minimum atomic E-state index is -0.432. The highest BCUT2D eigenvalue weighted by molar-refractivity contribution is 6.31. The van der Waals surface area contributed by atoms with E-state index in [4.69, 9.17) is 16.3 Å². The highest BCUT2D eigenvalue weighted by Crippen LogP contribution is 2.28. The lowest BCUT2D eigenvalue weighted by Crippen LogP contribution is -2.35. The number of likely N-dealkylation sites (tertiary alicyclic amines) is 1. The molecule has 1 aliphatic rings. The van der Waals surface area contributed by atoms with E-state index in [1.54, 1.807) is 24.3 Å². The van der Waals surface area contributed by atoms with E-state index in [-0.39, 0.29) is 11.6 Å². The summed E-state index contributed by atoms with van der Waals surface area (Å²) < 4.78 is 5.22. The van der Waals surface area contributed by atoms with Crippen molar-refractivity contribution in [2.45, 2.75) is 19.3 Å². The predicted octanol–water partition coefficient (Wildman–Crippen LogP) is 3.62. The van der Waals surface area contributed by atoms with Gasteiger partial charge in [-0.3, -0.25) is 14.6 Å². The molecule has 1 aromatic heterocycles. The summed E-state index contributed by atoms with van der Waals surface area (Å²) in [6, 6.07) is 8.09. The zero-order chi connectivity index (χ0) is 18.5. The smallest absolute Gasteiger partial charge is 0.274 e. The third kappa shape index (κ3) is 4.14. The molecule has 1 saturated heterocycles. The van der Waals surface area contributed by atoms with E-state index in [0.29, 0.717) is 22.0 Å². The van der Waals surface area contributed by atoms with Gasteiger partial charge in [-0.2, -0.15) is 0 Å². The lowest BCUT2D eigenvalue weighted by Gasteiger charge is -2.26. The number of nitrogens with one attached hydrogen (secondary N) is 1. The summed E-state index contributed by atoms with van der Waals surface area (Å²) in [6.45, 7) is 1.50. The number of amides is 2. The average molecular weight is 374 g/mol. The number of rotatable bonds is 4. The molecule has 26 heavy (non-hydrogen) atoms. The van der Waals surface area contributed by atoms with E-state index in [1.807, 2.05) is 4.90 Å². The average Bonchev–Trinajstić information content (AvgIpc) is 2.68. The van der Waals surface area contributed by atoms with Crippen LogP contribution in [0.25, 0.3) is 0 Å². The van der Waals surface area contributed by atoms with Gasteiger partial charge >= 0.3 is 0 Å². The molecule has 1 N–H and O–H groups in total. The fraction of sp³-hybridized carbons (Fsp3) is 0.316. The molecule has 0 atom stereocenters. The van der Waals surface area contributed by atoms with Crippen molar-refractivity contribution in [1.29, 1.82) is 0 Å². The van der Waals surface area contributed by atoms with E-state index in [2.05, 4.69) is 10.3 Å². The third-order valence-electron chi connectivity index (χ3n) is 4.29. The Bertz CT molecular complexity index is 819. The number of carbonyl (C=O) groups is 2. The van der Waals surface area contributed by atoms with E-state index < -0.39 is 5.91 Å². The molecule has 6 nitrogen and oxygen atoms in total. The number of anilines is 1. The van der Waals surface area contributed by atoms with E-state index in [1.165, 1.54) is 19.4 Å². The van der Waals surface area contributed by atoms with E-state index in [9.17, 15) is 9.59 Å². The number of aromatic nitrogens is 1. The second kappa shape index (κ2) is 8.19. The zero-order valence-corrected chi connectivity index (χ0v) is 15.3. The third-order valence-corrected chi connectivity index (χ3v) is 4.53. The number of hydrogen-bond acceptors (Lipinski definition) is 4. The molecule has 2 amide bonds. The van der Waals surface area contributed by atoms with Crippen molar-refractivity contribution in [2.24, 2.45) is 0 Å². The van der Waals surface area contributed by atoms with Gasteiger partial charge in [0.25, 0.3) is 11.8 Å². The number of ether oxygens (including phenoxy) is 1. The molecule has 0 bridgehead atoms. The SMILES string of the molecule is COc1ccc(Cl)cc1NC(=O)c1cc(C(=O)N2CCCCC2)ccn1. The molecule has 0 unspecified atom stereocenters. The molecule has 7 heteroatoms. The maximum absolute atomic E-state index is 12.6. The Morgan fingerprint density at radius 1 is 1.15 bits per heavy atom. The molecular weight excluding hydrogens is 354 g/mol. The number of piperidine rings is 1. The Labute approximate surface area is 157 Å². The number of hydrogen-bond donors (Lipinski definition) is 1. The maximum atomic E-state index is 12.6. The number of benzene rings is 1.